The lowest BCUT2D eigenvalue weighted by Crippen LogP contribution is -2.15. The highest BCUT2D eigenvalue weighted by Gasteiger charge is 2.23. The summed E-state index contributed by atoms with van der Waals surface area (Å²) in [7, 11) is 1.66. The Bertz CT molecular complexity index is 861. The molecule has 1 aliphatic rings. The minimum absolute atomic E-state index is 0.170. The number of nitrogens with zero attached hydrogens (tertiary/aromatic N) is 3. The van der Waals surface area contributed by atoms with Crippen molar-refractivity contribution in [2.24, 2.45) is 5.10 Å². The topological polar surface area (TPSA) is 57.6 Å². The predicted octanol–water partition coefficient (Wildman–Crippen LogP) is 2.86. The number of nitrogens with one attached hydrogen (secondary N) is 1. The number of hydrazone groups is 1. The van der Waals surface area contributed by atoms with Gasteiger partial charge in [-0.1, -0.05) is 10.7 Å². The van der Waals surface area contributed by atoms with Crippen LogP contribution in [0.2, 0.25) is 0 Å². The third kappa shape index (κ3) is 3.21. The maximum absolute atomic E-state index is 13.2. The van der Waals surface area contributed by atoms with E-state index < -0.39 is 0 Å². The van der Waals surface area contributed by atoms with Crippen LogP contribution in [0.15, 0.2) is 47.7 Å². The van der Waals surface area contributed by atoms with Crippen molar-refractivity contribution in [3.63, 3.8) is 0 Å². The summed E-state index contributed by atoms with van der Waals surface area (Å²) in [5.74, 6) is 0.0493. The number of anilines is 1. The molecule has 1 atom stereocenters. The molecular weight excluding hydrogens is 327 g/mol. The van der Waals surface area contributed by atoms with Gasteiger partial charge in [0.05, 0.1) is 4.86 Å². The number of pyridine rings is 1. The Morgan fingerprint density at radius 1 is 1.21 bits per heavy atom. The zero-order valence-electron chi connectivity index (χ0n) is 13.6. The molecule has 24 heavy (non-hydrogen) atoms. The SMILES string of the molecule is CC(=O)Nc1cc(C2=S(C)N(C)N=C2c2ccc(F)cc2)ccn1. The van der Waals surface area contributed by atoms with Crippen molar-refractivity contribution >= 4 is 33.0 Å². The Kier molecular flexibility index (Phi) is 4.44. The molecule has 5 nitrogen and oxygen atoms in total. The standard InChI is InChI=1S/C17H17FN4OS/c1-11(23)20-15-10-13(8-9-19-15)17-16(21-22(2)24(17)3)12-4-6-14(18)7-5-12/h4-10H,1-3H3,(H,19,20,23). The molecule has 7 heteroatoms. The molecule has 0 bridgehead atoms. The normalized spacial score (nSPS) is 17.0. The first-order valence-electron chi connectivity index (χ1n) is 7.31. The van der Waals surface area contributed by atoms with Crippen molar-refractivity contribution < 1.29 is 9.18 Å². The molecular formula is C17H17FN4OS. The number of amides is 1. The van der Waals surface area contributed by atoms with Crippen molar-refractivity contribution in [3.05, 3.63) is 59.5 Å². The number of carbonyl (C=O) groups is 1. The summed E-state index contributed by atoms with van der Waals surface area (Å²) in [5, 5.41) is 7.31. The van der Waals surface area contributed by atoms with Gasteiger partial charge in [0.25, 0.3) is 0 Å². The molecule has 1 aliphatic heterocycles. The number of rotatable bonds is 3. The summed E-state index contributed by atoms with van der Waals surface area (Å²) < 4.78 is 15.1. The fourth-order valence-electron chi connectivity index (χ4n) is 2.44. The van der Waals surface area contributed by atoms with Crippen LogP contribution in [0.5, 0.6) is 0 Å². The van der Waals surface area contributed by atoms with Gasteiger partial charge in [0.1, 0.15) is 17.3 Å². The zero-order valence-corrected chi connectivity index (χ0v) is 14.4. The number of hydrogen-bond donors (Lipinski definition) is 1. The van der Waals surface area contributed by atoms with Crippen LogP contribution in [0.1, 0.15) is 18.1 Å². The number of benzene rings is 1. The Morgan fingerprint density at radius 2 is 1.92 bits per heavy atom. The van der Waals surface area contributed by atoms with Crippen molar-refractivity contribution in [1.29, 1.82) is 0 Å². The molecule has 1 N–H and O–H groups in total. The van der Waals surface area contributed by atoms with E-state index in [2.05, 4.69) is 21.7 Å². The van der Waals surface area contributed by atoms with Crippen molar-refractivity contribution in [2.45, 2.75) is 6.92 Å². The van der Waals surface area contributed by atoms with Gasteiger partial charge in [-0.15, -0.1) is 0 Å². The summed E-state index contributed by atoms with van der Waals surface area (Å²) in [5.41, 5.74) is 2.60. The molecule has 1 aromatic heterocycles. The van der Waals surface area contributed by atoms with Crippen LogP contribution in [0.3, 0.4) is 0 Å². The van der Waals surface area contributed by atoms with Gasteiger partial charge in [0, 0.05) is 25.7 Å². The predicted molar refractivity (Wildman–Crippen MR) is 96.9 cm³/mol. The van der Waals surface area contributed by atoms with Crippen LogP contribution < -0.4 is 5.32 Å². The molecule has 3 rings (SSSR count). The second kappa shape index (κ2) is 6.52. The largest absolute Gasteiger partial charge is 0.311 e. The molecule has 0 aliphatic carbocycles. The smallest absolute Gasteiger partial charge is 0.222 e. The van der Waals surface area contributed by atoms with E-state index in [4.69, 9.17) is 0 Å². The summed E-state index contributed by atoms with van der Waals surface area (Å²) >= 11 is 0. The van der Waals surface area contributed by atoms with E-state index in [0.717, 1.165) is 21.7 Å². The molecule has 124 valence electrons. The maximum Gasteiger partial charge on any atom is 0.222 e. The maximum atomic E-state index is 13.2. The molecule has 1 amide bonds. The van der Waals surface area contributed by atoms with Gasteiger partial charge in [0.15, 0.2) is 0 Å². The van der Waals surface area contributed by atoms with Gasteiger partial charge >= 0.3 is 0 Å². The molecule has 2 heterocycles. The third-order valence-corrected chi connectivity index (χ3v) is 5.49. The molecule has 2 aromatic rings. The minimum Gasteiger partial charge on any atom is -0.311 e. The molecule has 0 radical (unpaired) electrons. The average molecular weight is 344 g/mol. The zero-order chi connectivity index (χ0) is 17.3. The van der Waals surface area contributed by atoms with Gasteiger partial charge in [-0.3, -0.25) is 4.79 Å². The van der Waals surface area contributed by atoms with Crippen LogP contribution in [0.25, 0.3) is 0 Å². The second-order valence-electron chi connectivity index (χ2n) is 5.34. The highest BCUT2D eigenvalue weighted by molar-refractivity contribution is 8.15. The highest BCUT2D eigenvalue weighted by atomic mass is 32.2. The Hall–Kier alpha value is -2.54. The molecule has 0 fully saturated rings. The number of hydrogen-bond acceptors (Lipinski definition) is 4. The number of carbonyl (C=O) groups excluding carboxylic acids is 1. The molecule has 0 spiro atoms. The quantitative estimate of drug-likeness (QED) is 0.871. The van der Waals surface area contributed by atoms with E-state index in [9.17, 15) is 9.18 Å². The van der Waals surface area contributed by atoms with E-state index in [1.54, 1.807) is 18.3 Å². The van der Waals surface area contributed by atoms with Crippen molar-refractivity contribution in [1.82, 2.24) is 9.40 Å². The molecule has 1 unspecified atom stereocenters. The van der Waals surface area contributed by atoms with Gasteiger partial charge < -0.3 is 5.32 Å². The fourth-order valence-corrected chi connectivity index (χ4v) is 3.82. The van der Waals surface area contributed by atoms with E-state index in [1.807, 2.05) is 23.6 Å². The lowest BCUT2D eigenvalue weighted by atomic mass is 10.0. The Labute approximate surface area is 142 Å². The van der Waals surface area contributed by atoms with Crippen LogP contribution in [-0.4, -0.2) is 39.2 Å². The van der Waals surface area contributed by atoms with Gasteiger partial charge in [0.2, 0.25) is 5.91 Å². The first-order chi connectivity index (χ1) is 11.5. The van der Waals surface area contributed by atoms with Crippen LogP contribution >= 0.6 is 10.7 Å². The average Bonchev–Trinajstić information content (AvgIpc) is 2.83. The first kappa shape index (κ1) is 16.3. The van der Waals surface area contributed by atoms with Crippen LogP contribution in [-0.2, 0) is 4.79 Å². The number of halogens is 1. The summed E-state index contributed by atoms with van der Waals surface area (Å²) in [6.45, 7) is 1.45. The van der Waals surface area contributed by atoms with E-state index in [1.165, 1.54) is 19.1 Å². The van der Waals surface area contributed by atoms with Crippen molar-refractivity contribution in [3.8, 4) is 0 Å². The van der Waals surface area contributed by atoms with Crippen LogP contribution in [0.4, 0.5) is 10.2 Å². The van der Waals surface area contributed by atoms with Crippen LogP contribution in [0, 0.1) is 5.82 Å². The monoisotopic (exact) mass is 344 g/mol. The van der Waals surface area contributed by atoms with E-state index in [0.29, 0.717) is 5.82 Å². The second-order valence-corrected chi connectivity index (χ2v) is 7.23. The third-order valence-electron chi connectivity index (χ3n) is 3.59. The lowest BCUT2D eigenvalue weighted by Gasteiger charge is -2.11. The Morgan fingerprint density at radius 3 is 2.58 bits per heavy atom. The highest BCUT2D eigenvalue weighted by Crippen LogP contribution is 2.29. The van der Waals surface area contributed by atoms with Gasteiger partial charge in [-0.25, -0.2) is 13.8 Å². The fraction of sp³-hybridized carbons (Fsp3) is 0.176. The minimum atomic E-state index is -0.278. The van der Waals surface area contributed by atoms with E-state index in [-0.39, 0.29) is 22.4 Å². The summed E-state index contributed by atoms with van der Waals surface area (Å²) in [6, 6.07) is 10.0. The summed E-state index contributed by atoms with van der Waals surface area (Å²) in [4.78, 5) is 16.5. The molecule has 0 saturated heterocycles. The van der Waals surface area contributed by atoms with E-state index >= 15 is 0 Å². The lowest BCUT2D eigenvalue weighted by molar-refractivity contribution is -0.114. The number of aromatic nitrogens is 1. The van der Waals surface area contributed by atoms with Gasteiger partial charge in [-0.2, -0.15) is 5.10 Å². The molecule has 0 saturated carbocycles. The molecule has 1 aromatic carbocycles. The van der Waals surface area contributed by atoms with Crippen molar-refractivity contribution in [2.75, 3.05) is 18.6 Å². The first-order valence-corrected chi connectivity index (χ1v) is 8.90. The van der Waals surface area contributed by atoms with Gasteiger partial charge in [-0.05, 0) is 48.2 Å². The summed E-state index contributed by atoms with van der Waals surface area (Å²) in [6.07, 6.45) is 3.74. The Balaban J connectivity index is 2.06.